The van der Waals surface area contributed by atoms with E-state index >= 15 is 0 Å². The van der Waals surface area contributed by atoms with Gasteiger partial charge in [0.25, 0.3) is 0 Å². The van der Waals surface area contributed by atoms with Crippen molar-refractivity contribution in [2.75, 3.05) is 6.54 Å². The molecule has 0 heterocycles. The monoisotopic (exact) mass is 410 g/mol. The van der Waals surface area contributed by atoms with E-state index in [4.69, 9.17) is 5.73 Å². The normalized spacial score (nSPS) is 28.6. The molecule has 29 heavy (non-hydrogen) atoms. The maximum absolute atomic E-state index is 12.9. The topological polar surface area (TPSA) is 134 Å². The summed E-state index contributed by atoms with van der Waals surface area (Å²) in [6.07, 6.45) is 4.84. The molecule has 2 fully saturated rings. The van der Waals surface area contributed by atoms with Gasteiger partial charge in [-0.2, -0.15) is 0 Å². The Morgan fingerprint density at radius 3 is 2.34 bits per heavy atom. The molecule has 2 aliphatic carbocycles. The number of hydrogen-bond donors (Lipinski definition) is 5. The Balaban J connectivity index is 1.93. The maximum Gasteiger partial charge on any atom is 0.326 e. The molecule has 2 bridgehead atoms. The predicted octanol–water partition coefficient (Wildman–Crippen LogP) is 1.98. The highest BCUT2D eigenvalue weighted by Gasteiger charge is 2.61. The lowest BCUT2D eigenvalue weighted by Crippen LogP contribution is -2.61. The number of fused-ring (bicyclic) bond motifs is 2. The van der Waals surface area contributed by atoms with Crippen LogP contribution < -0.4 is 21.7 Å². The van der Waals surface area contributed by atoms with E-state index in [-0.39, 0.29) is 22.8 Å². The van der Waals surface area contributed by atoms with E-state index in [1.54, 1.807) is 13.8 Å². The molecule has 2 aliphatic rings. The molecule has 6 N–H and O–H groups in total. The first-order valence-electron chi connectivity index (χ1n) is 10.7. The molecule has 0 spiro atoms. The Morgan fingerprint density at radius 1 is 1.21 bits per heavy atom. The third kappa shape index (κ3) is 4.68. The molecule has 3 amide bonds. The number of unbranched alkanes of at least 4 members (excludes halogenated alkanes) is 1. The summed E-state index contributed by atoms with van der Waals surface area (Å²) in [5, 5.41) is 17.6. The van der Waals surface area contributed by atoms with Crippen molar-refractivity contribution in [1.82, 2.24) is 16.0 Å². The second-order valence-corrected chi connectivity index (χ2v) is 10.0. The van der Waals surface area contributed by atoms with Gasteiger partial charge in [0, 0.05) is 6.04 Å². The minimum Gasteiger partial charge on any atom is -0.480 e. The smallest absolute Gasteiger partial charge is 0.326 e. The van der Waals surface area contributed by atoms with Crippen molar-refractivity contribution in [3.63, 3.8) is 0 Å². The zero-order valence-corrected chi connectivity index (χ0v) is 18.4. The van der Waals surface area contributed by atoms with Crippen LogP contribution in [-0.2, 0) is 9.59 Å². The van der Waals surface area contributed by atoms with Crippen LogP contribution in [0.25, 0.3) is 0 Å². The summed E-state index contributed by atoms with van der Waals surface area (Å²) >= 11 is 0. The quantitative estimate of drug-likeness (QED) is 0.371. The van der Waals surface area contributed by atoms with Crippen molar-refractivity contribution in [2.45, 2.75) is 90.8 Å². The molecular formula is C21H38N4O4. The number of carbonyl (C=O) groups is 3. The number of aliphatic carboxylic acids is 1. The van der Waals surface area contributed by atoms with Gasteiger partial charge in [-0.3, -0.25) is 4.79 Å². The molecular weight excluding hydrogens is 372 g/mol. The molecule has 4 atom stereocenters. The Kier molecular flexibility index (Phi) is 6.87. The number of nitrogens with two attached hydrogens (primary N) is 1. The fourth-order valence-corrected chi connectivity index (χ4v) is 5.05. The van der Waals surface area contributed by atoms with Crippen molar-refractivity contribution in [3.05, 3.63) is 0 Å². The van der Waals surface area contributed by atoms with E-state index in [2.05, 4.69) is 36.7 Å². The van der Waals surface area contributed by atoms with E-state index in [0.29, 0.717) is 31.7 Å². The van der Waals surface area contributed by atoms with Crippen LogP contribution in [0.1, 0.15) is 73.1 Å². The minimum absolute atomic E-state index is 0.0447. The Morgan fingerprint density at radius 2 is 1.86 bits per heavy atom. The third-order valence-corrected chi connectivity index (χ3v) is 7.64. The Bertz CT molecular complexity index is 649. The van der Waals surface area contributed by atoms with Crippen LogP contribution >= 0.6 is 0 Å². The zero-order valence-electron chi connectivity index (χ0n) is 18.4. The lowest BCUT2D eigenvalue weighted by molar-refractivity contribution is -0.139. The zero-order chi connectivity index (χ0) is 22.0. The van der Waals surface area contributed by atoms with Crippen LogP contribution in [0.15, 0.2) is 0 Å². The van der Waals surface area contributed by atoms with Gasteiger partial charge in [0.05, 0.1) is 0 Å². The fraction of sp³-hybridized carbons (Fsp3) is 0.857. The molecule has 0 radical (unpaired) electrons. The summed E-state index contributed by atoms with van der Waals surface area (Å²) in [4.78, 5) is 36.7. The van der Waals surface area contributed by atoms with Crippen molar-refractivity contribution in [3.8, 4) is 0 Å². The van der Waals surface area contributed by atoms with Crippen LogP contribution in [0.3, 0.4) is 0 Å². The van der Waals surface area contributed by atoms with Crippen LogP contribution in [0, 0.1) is 16.7 Å². The van der Waals surface area contributed by atoms with Gasteiger partial charge in [0.15, 0.2) is 0 Å². The number of hydrogen-bond acceptors (Lipinski definition) is 4. The van der Waals surface area contributed by atoms with Crippen molar-refractivity contribution in [1.29, 1.82) is 0 Å². The average Bonchev–Trinajstić information content (AvgIpc) is 2.93. The molecule has 2 saturated carbocycles. The third-order valence-electron chi connectivity index (χ3n) is 7.64. The Hall–Kier alpha value is -1.83. The first-order valence-corrected chi connectivity index (χ1v) is 10.7. The molecule has 0 aromatic heterocycles. The number of nitrogens with one attached hydrogen (secondary N) is 3. The molecule has 8 heteroatoms. The second kappa shape index (κ2) is 8.50. The minimum atomic E-state index is -1.16. The number of urea groups is 1. The van der Waals surface area contributed by atoms with E-state index in [1.165, 1.54) is 6.42 Å². The van der Waals surface area contributed by atoms with E-state index in [9.17, 15) is 19.5 Å². The van der Waals surface area contributed by atoms with Crippen LogP contribution in [0.2, 0.25) is 0 Å². The summed E-state index contributed by atoms with van der Waals surface area (Å²) in [6, 6.07) is -1.59. The van der Waals surface area contributed by atoms with Crippen molar-refractivity contribution >= 4 is 17.9 Å². The predicted molar refractivity (Wildman–Crippen MR) is 111 cm³/mol. The fourth-order valence-electron chi connectivity index (χ4n) is 5.05. The number of carboxylic acids is 1. The van der Waals surface area contributed by atoms with Gasteiger partial charge in [-0.15, -0.1) is 0 Å². The highest BCUT2D eigenvalue weighted by molar-refractivity contribution is 5.91. The van der Waals surface area contributed by atoms with Gasteiger partial charge in [0.1, 0.15) is 11.6 Å². The lowest BCUT2D eigenvalue weighted by atomic mass is 9.69. The van der Waals surface area contributed by atoms with Crippen molar-refractivity contribution < 1.29 is 19.5 Å². The van der Waals surface area contributed by atoms with Gasteiger partial charge in [-0.05, 0) is 75.7 Å². The Labute approximate surface area is 173 Å². The summed E-state index contributed by atoms with van der Waals surface area (Å²) in [7, 11) is 0. The molecule has 8 nitrogen and oxygen atoms in total. The molecule has 0 unspecified atom stereocenters. The van der Waals surface area contributed by atoms with Gasteiger partial charge in [-0.1, -0.05) is 20.8 Å². The van der Waals surface area contributed by atoms with Gasteiger partial charge in [-0.25, -0.2) is 9.59 Å². The number of amides is 3. The molecule has 166 valence electrons. The first kappa shape index (κ1) is 23.4. The summed E-state index contributed by atoms with van der Waals surface area (Å²) in [6.45, 7) is 10.6. The van der Waals surface area contributed by atoms with Crippen LogP contribution in [0.4, 0.5) is 4.79 Å². The van der Waals surface area contributed by atoms with Gasteiger partial charge >= 0.3 is 12.0 Å². The molecule has 2 rings (SSSR count). The standard InChI is InChI=1S/C21H38N4O4/c1-19(2)13-9-10-21(19,5)15(12-13)24-17(28)20(3,4)25-18(29)23-14(16(26)27)8-6-7-11-22/h13-15H,6-12,22H2,1-5H3,(H,24,28)(H,26,27)(H2,23,25,29)/t13-,14+,15+,21+/m1/s1. The highest BCUT2D eigenvalue weighted by atomic mass is 16.4. The number of rotatable bonds is 9. The maximum atomic E-state index is 12.9. The largest absolute Gasteiger partial charge is 0.480 e. The average molecular weight is 411 g/mol. The number of carboxylic acid groups (broad SMARTS) is 1. The van der Waals surface area contributed by atoms with Gasteiger partial charge in [0.2, 0.25) is 5.91 Å². The molecule has 0 aromatic carbocycles. The molecule has 0 aromatic rings. The number of carbonyl (C=O) groups excluding carboxylic acids is 2. The van der Waals surface area contributed by atoms with E-state index < -0.39 is 23.6 Å². The van der Waals surface area contributed by atoms with E-state index in [0.717, 1.165) is 12.8 Å². The summed E-state index contributed by atoms with van der Waals surface area (Å²) in [5.41, 5.74) is 4.50. The SMILES string of the molecule is CC(C)(NC(=O)N[C@@H](CCCCN)C(=O)O)C(=O)N[C@H]1C[C@H]2CC[C@]1(C)C2(C)C. The van der Waals surface area contributed by atoms with E-state index in [1.807, 2.05) is 0 Å². The van der Waals surface area contributed by atoms with Crippen LogP contribution in [0.5, 0.6) is 0 Å². The first-order chi connectivity index (χ1) is 13.3. The second-order valence-electron chi connectivity index (χ2n) is 10.0. The lowest BCUT2D eigenvalue weighted by Gasteiger charge is -2.40. The molecule has 0 saturated heterocycles. The highest BCUT2D eigenvalue weighted by Crippen LogP contribution is 2.65. The van der Waals surface area contributed by atoms with Crippen LogP contribution in [-0.4, -0.2) is 47.2 Å². The summed E-state index contributed by atoms with van der Waals surface area (Å²) in [5.74, 6) is -0.754. The van der Waals surface area contributed by atoms with Crippen molar-refractivity contribution in [2.24, 2.45) is 22.5 Å². The van der Waals surface area contributed by atoms with Gasteiger partial charge < -0.3 is 26.8 Å². The molecule has 0 aliphatic heterocycles. The summed E-state index contributed by atoms with van der Waals surface area (Å²) < 4.78 is 0.